The van der Waals surface area contributed by atoms with Crippen molar-refractivity contribution < 1.29 is 4.92 Å². The fourth-order valence-corrected chi connectivity index (χ4v) is 3.27. The Morgan fingerprint density at radius 1 is 1.20 bits per heavy atom. The molecule has 3 rings (SSSR count). The van der Waals surface area contributed by atoms with Crippen molar-refractivity contribution in [2.45, 2.75) is 12.5 Å². The Morgan fingerprint density at radius 2 is 1.92 bits per heavy atom. The van der Waals surface area contributed by atoms with Gasteiger partial charge in [-0.2, -0.15) is 5.10 Å². The molecule has 0 spiro atoms. The molecule has 0 amide bonds. The van der Waals surface area contributed by atoms with Crippen LogP contribution in [0.25, 0.3) is 0 Å². The van der Waals surface area contributed by atoms with Crippen LogP contribution in [0.4, 0.5) is 5.69 Å². The molecule has 2 heterocycles. The second-order valence-corrected chi connectivity index (χ2v) is 5.99. The van der Waals surface area contributed by atoms with E-state index in [1.54, 1.807) is 4.68 Å². The average Bonchev–Trinajstić information content (AvgIpc) is 3.20. The van der Waals surface area contributed by atoms with Crippen LogP contribution in [-0.4, -0.2) is 45.8 Å². The van der Waals surface area contributed by atoms with E-state index >= 15 is 0 Å². The molecule has 0 aliphatic carbocycles. The SMILES string of the molecule is Cl.Cl.NC[C@@H]1CN(CCn2cc([N+](=O)[O-])cn2)C[C@H]1c1ccccc1. The van der Waals surface area contributed by atoms with Crippen molar-refractivity contribution in [3.63, 3.8) is 0 Å². The van der Waals surface area contributed by atoms with Gasteiger partial charge in [0.05, 0.1) is 11.5 Å². The monoisotopic (exact) mass is 387 g/mol. The van der Waals surface area contributed by atoms with Gasteiger partial charge in [-0.15, -0.1) is 24.8 Å². The zero-order valence-corrected chi connectivity index (χ0v) is 15.4. The fraction of sp³-hybridized carbons (Fsp3) is 0.438. The van der Waals surface area contributed by atoms with Gasteiger partial charge in [0.25, 0.3) is 0 Å². The van der Waals surface area contributed by atoms with E-state index in [4.69, 9.17) is 5.73 Å². The summed E-state index contributed by atoms with van der Waals surface area (Å²) in [6.07, 6.45) is 2.77. The maximum Gasteiger partial charge on any atom is 0.306 e. The first-order chi connectivity index (χ1) is 11.2. The van der Waals surface area contributed by atoms with Gasteiger partial charge in [0.15, 0.2) is 0 Å². The summed E-state index contributed by atoms with van der Waals surface area (Å²) in [7, 11) is 0. The normalized spacial score (nSPS) is 19.9. The van der Waals surface area contributed by atoms with E-state index in [-0.39, 0.29) is 30.5 Å². The minimum absolute atomic E-state index is 0. The highest BCUT2D eigenvalue weighted by molar-refractivity contribution is 5.85. The number of aromatic nitrogens is 2. The van der Waals surface area contributed by atoms with Gasteiger partial charge in [0, 0.05) is 25.6 Å². The average molecular weight is 388 g/mol. The fourth-order valence-electron chi connectivity index (χ4n) is 3.27. The molecule has 1 aromatic heterocycles. The predicted octanol–water partition coefficient (Wildman–Crippen LogP) is 2.31. The Kier molecular flexibility index (Phi) is 8.31. The number of likely N-dealkylation sites (tertiary alicyclic amines) is 1. The highest BCUT2D eigenvalue weighted by Crippen LogP contribution is 2.31. The van der Waals surface area contributed by atoms with Crippen LogP contribution in [0.1, 0.15) is 11.5 Å². The van der Waals surface area contributed by atoms with Crippen molar-refractivity contribution in [1.29, 1.82) is 0 Å². The number of benzene rings is 1. The number of rotatable bonds is 6. The molecule has 1 fully saturated rings. The van der Waals surface area contributed by atoms with Crippen LogP contribution < -0.4 is 5.73 Å². The van der Waals surface area contributed by atoms with E-state index in [9.17, 15) is 10.1 Å². The standard InChI is InChI=1S/C16H21N5O2.2ClH/c17-8-14-10-19(12-16(14)13-4-2-1-3-5-13)6-7-20-11-15(9-18-20)21(22)23;;/h1-5,9,11,14,16H,6-8,10,12,17H2;2*1H/t14-,16+;;/m1../s1. The number of nitro groups is 1. The topological polar surface area (TPSA) is 90.2 Å². The molecule has 0 bridgehead atoms. The third kappa shape index (κ3) is 5.15. The first-order valence-electron chi connectivity index (χ1n) is 7.81. The largest absolute Gasteiger partial charge is 0.330 e. The third-order valence-corrected chi connectivity index (χ3v) is 4.52. The maximum absolute atomic E-state index is 10.7. The van der Waals surface area contributed by atoms with Crippen molar-refractivity contribution in [2.75, 3.05) is 26.2 Å². The van der Waals surface area contributed by atoms with Gasteiger partial charge in [0.1, 0.15) is 12.4 Å². The zero-order valence-electron chi connectivity index (χ0n) is 13.7. The summed E-state index contributed by atoms with van der Waals surface area (Å²) in [4.78, 5) is 12.6. The molecule has 1 aliphatic heterocycles. The van der Waals surface area contributed by atoms with Crippen LogP contribution in [-0.2, 0) is 6.54 Å². The molecule has 138 valence electrons. The summed E-state index contributed by atoms with van der Waals surface area (Å²) in [6, 6.07) is 10.5. The van der Waals surface area contributed by atoms with Crippen LogP contribution in [0, 0.1) is 16.0 Å². The molecule has 0 saturated carbocycles. The number of nitrogens with zero attached hydrogens (tertiary/aromatic N) is 4. The maximum atomic E-state index is 10.7. The van der Waals surface area contributed by atoms with Gasteiger partial charge in [-0.1, -0.05) is 30.3 Å². The quantitative estimate of drug-likeness (QED) is 0.606. The van der Waals surface area contributed by atoms with E-state index < -0.39 is 4.92 Å². The molecular formula is C16H23Cl2N5O2. The van der Waals surface area contributed by atoms with Crippen LogP contribution in [0.5, 0.6) is 0 Å². The van der Waals surface area contributed by atoms with E-state index in [1.165, 1.54) is 18.0 Å². The Bertz CT molecular complexity index is 668. The highest BCUT2D eigenvalue weighted by atomic mass is 35.5. The first-order valence-corrected chi connectivity index (χ1v) is 7.81. The molecule has 25 heavy (non-hydrogen) atoms. The lowest BCUT2D eigenvalue weighted by molar-refractivity contribution is -0.385. The van der Waals surface area contributed by atoms with Crippen LogP contribution in [0.15, 0.2) is 42.7 Å². The smallest absolute Gasteiger partial charge is 0.306 e. The Balaban J connectivity index is 0.00000156. The molecule has 2 atom stereocenters. The van der Waals surface area contributed by atoms with Crippen LogP contribution >= 0.6 is 24.8 Å². The Labute approximate surface area is 159 Å². The molecule has 0 radical (unpaired) electrons. The van der Waals surface area contributed by atoms with Gasteiger partial charge < -0.3 is 10.6 Å². The second-order valence-electron chi connectivity index (χ2n) is 5.99. The summed E-state index contributed by atoms with van der Waals surface area (Å²) < 4.78 is 1.63. The van der Waals surface area contributed by atoms with Crippen molar-refractivity contribution >= 4 is 30.5 Å². The van der Waals surface area contributed by atoms with E-state index in [0.29, 0.717) is 24.9 Å². The summed E-state index contributed by atoms with van der Waals surface area (Å²) in [6.45, 7) is 4.06. The number of halogens is 2. The molecule has 1 aliphatic rings. The highest BCUT2D eigenvalue weighted by Gasteiger charge is 2.32. The molecule has 2 N–H and O–H groups in total. The van der Waals surface area contributed by atoms with Crippen LogP contribution in [0.2, 0.25) is 0 Å². The molecule has 9 heteroatoms. The summed E-state index contributed by atoms with van der Waals surface area (Å²) in [5.41, 5.74) is 7.32. The van der Waals surface area contributed by atoms with E-state index in [2.05, 4.69) is 34.3 Å². The second kappa shape index (κ2) is 9.72. The van der Waals surface area contributed by atoms with Crippen molar-refractivity contribution in [1.82, 2.24) is 14.7 Å². The summed E-state index contributed by atoms with van der Waals surface area (Å²) in [5, 5.41) is 14.7. The van der Waals surface area contributed by atoms with Gasteiger partial charge >= 0.3 is 5.69 Å². The lowest BCUT2D eigenvalue weighted by Crippen LogP contribution is -2.26. The first kappa shape index (κ1) is 21.4. The van der Waals surface area contributed by atoms with E-state index in [1.807, 2.05) is 6.07 Å². The molecule has 1 aromatic carbocycles. The summed E-state index contributed by atoms with van der Waals surface area (Å²) in [5.74, 6) is 0.900. The number of hydrogen-bond acceptors (Lipinski definition) is 5. The van der Waals surface area contributed by atoms with Gasteiger partial charge in [-0.05, 0) is 18.0 Å². The lowest BCUT2D eigenvalue weighted by Gasteiger charge is -2.16. The van der Waals surface area contributed by atoms with Gasteiger partial charge in [0.2, 0.25) is 0 Å². The lowest BCUT2D eigenvalue weighted by atomic mass is 9.89. The molecule has 0 unspecified atom stereocenters. The van der Waals surface area contributed by atoms with E-state index in [0.717, 1.165) is 19.6 Å². The van der Waals surface area contributed by atoms with Crippen LogP contribution in [0.3, 0.4) is 0 Å². The number of hydrogen-bond donors (Lipinski definition) is 1. The van der Waals surface area contributed by atoms with Gasteiger partial charge in [-0.3, -0.25) is 14.8 Å². The predicted molar refractivity (Wildman–Crippen MR) is 102 cm³/mol. The minimum atomic E-state index is -0.421. The molecule has 1 saturated heterocycles. The van der Waals surface area contributed by atoms with Crippen molar-refractivity contribution in [3.05, 3.63) is 58.4 Å². The number of nitrogens with two attached hydrogens (primary N) is 1. The Hall–Kier alpha value is -1.67. The summed E-state index contributed by atoms with van der Waals surface area (Å²) >= 11 is 0. The minimum Gasteiger partial charge on any atom is -0.330 e. The van der Waals surface area contributed by atoms with Crippen molar-refractivity contribution in [3.8, 4) is 0 Å². The third-order valence-electron chi connectivity index (χ3n) is 4.52. The molecule has 2 aromatic rings. The Morgan fingerprint density at radius 3 is 2.52 bits per heavy atom. The van der Waals surface area contributed by atoms with Gasteiger partial charge in [-0.25, -0.2) is 0 Å². The molecular weight excluding hydrogens is 365 g/mol. The molecule has 7 nitrogen and oxygen atoms in total. The zero-order chi connectivity index (χ0) is 16.2. The van der Waals surface area contributed by atoms with Crippen molar-refractivity contribution in [2.24, 2.45) is 11.7 Å².